The van der Waals surface area contributed by atoms with Crippen LogP contribution in [0.2, 0.25) is 0 Å². The zero-order valence-corrected chi connectivity index (χ0v) is 18.4. The summed E-state index contributed by atoms with van der Waals surface area (Å²) in [6, 6.07) is 8.00. The molecule has 0 N–H and O–H groups in total. The third kappa shape index (κ3) is 9.74. The van der Waals surface area contributed by atoms with Gasteiger partial charge in [-0.15, -0.1) is 0 Å². The molecule has 3 nitrogen and oxygen atoms in total. The normalized spacial score (nSPS) is 11.2. The van der Waals surface area contributed by atoms with E-state index in [2.05, 4.69) is 29.9 Å². The van der Waals surface area contributed by atoms with Gasteiger partial charge in [-0.2, -0.15) is 0 Å². The molecular formula is C26H38N2O. The minimum Gasteiger partial charge on any atom is -0.465 e. The van der Waals surface area contributed by atoms with E-state index >= 15 is 0 Å². The van der Waals surface area contributed by atoms with E-state index in [9.17, 15) is 0 Å². The topological polar surface area (TPSA) is 35.0 Å². The lowest BCUT2D eigenvalue weighted by atomic mass is 10.1. The van der Waals surface area contributed by atoms with Crippen LogP contribution in [0.25, 0.3) is 11.4 Å². The van der Waals surface area contributed by atoms with E-state index in [1.54, 1.807) is 6.26 Å². The highest BCUT2D eigenvalue weighted by atomic mass is 16.5. The van der Waals surface area contributed by atoms with Gasteiger partial charge in [-0.1, -0.05) is 65.2 Å². The molecule has 1 aromatic heterocycles. The van der Waals surface area contributed by atoms with Crippen LogP contribution in [0, 0.1) is 0 Å². The number of ether oxygens (including phenoxy) is 1. The molecule has 0 spiro atoms. The number of benzene rings is 1. The van der Waals surface area contributed by atoms with Gasteiger partial charge < -0.3 is 4.74 Å². The average molecular weight is 395 g/mol. The summed E-state index contributed by atoms with van der Waals surface area (Å²) in [5, 5.41) is 0. The Morgan fingerprint density at radius 2 is 1.38 bits per heavy atom. The summed E-state index contributed by atoms with van der Waals surface area (Å²) < 4.78 is 5.68. The lowest BCUT2D eigenvalue weighted by molar-refractivity contribution is 0.477. The van der Waals surface area contributed by atoms with E-state index in [1.165, 1.54) is 69.8 Å². The van der Waals surface area contributed by atoms with Gasteiger partial charge in [0.1, 0.15) is 5.75 Å². The molecule has 0 saturated carbocycles. The zero-order valence-electron chi connectivity index (χ0n) is 18.4. The number of hydrogen-bond acceptors (Lipinski definition) is 3. The van der Waals surface area contributed by atoms with Crippen LogP contribution in [-0.2, 0) is 6.42 Å². The van der Waals surface area contributed by atoms with E-state index < -0.39 is 0 Å². The summed E-state index contributed by atoms with van der Waals surface area (Å²) in [7, 11) is 0. The predicted molar refractivity (Wildman–Crippen MR) is 123 cm³/mol. The highest BCUT2D eigenvalue weighted by Gasteiger charge is 2.02. The summed E-state index contributed by atoms with van der Waals surface area (Å²) in [4.78, 5) is 9.10. The highest BCUT2D eigenvalue weighted by molar-refractivity contribution is 5.55. The van der Waals surface area contributed by atoms with Crippen molar-refractivity contribution in [1.82, 2.24) is 9.97 Å². The van der Waals surface area contributed by atoms with Crippen molar-refractivity contribution in [2.24, 2.45) is 0 Å². The third-order valence-corrected chi connectivity index (χ3v) is 5.16. The van der Waals surface area contributed by atoms with Gasteiger partial charge in [0.15, 0.2) is 5.82 Å². The number of nitrogens with zero attached hydrogens (tertiary/aromatic N) is 2. The van der Waals surface area contributed by atoms with Gasteiger partial charge in [0, 0.05) is 18.0 Å². The van der Waals surface area contributed by atoms with E-state index in [-0.39, 0.29) is 0 Å². The fraction of sp³-hybridized carbons (Fsp3) is 0.538. The minimum absolute atomic E-state index is 0.773. The Bertz CT molecular complexity index is 677. The van der Waals surface area contributed by atoms with Crippen molar-refractivity contribution in [1.29, 1.82) is 0 Å². The highest BCUT2D eigenvalue weighted by Crippen LogP contribution is 2.20. The summed E-state index contributed by atoms with van der Waals surface area (Å²) in [5.41, 5.74) is 2.25. The number of aryl methyl sites for hydroxylation is 1. The SMILES string of the molecule is CCCCCCC=COc1ccc(-c2ncc(CCCCCCCC)cn2)cc1. The van der Waals surface area contributed by atoms with Gasteiger partial charge in [0.2, 0.25) is 0 Å². The van der Waals surface area contributed by atoms with E-state index in [0.717, 1.165) is 30.0 Å². The predicted octanol–water partition coefficient (Wildman–Crippen LogP) is 7.91. The molecule has 0 amide bonds. The molecule has 2 rings (SSSR count). The van der Waals surface area contributed by atoms with Gasteiger partial charge in [0.25, 0.3) is 0 Å². The van der Waals surface area contributed by atoms with Crippen molar-refractivity contribution in [2.75, 3.05) is 0 Å². The lowest BCUT2D eigenvalue weighted by Gasteiger charge is -2.05. The van der Waals surface area contributed by atoms with Crippen molar-refractivity contribution < 1.29 is 4.74 Å². The van der Waals surface area contributed by atoms with Gasteiger partial charge in [0.05, 0.1) is 6.26 Å². The Labute approximate surface area is 177 Å². The van der Waals surface area contributed by atoms with Crippen molar-refractivity contribution in [3.8, 4) is 17.1 Å². The molecule has 29 heavy (non-hydrogen) atoms. The minimum atomic E-state index is 0.773. The smallest absolute Gasteiger partial charge is 0.159 e. The van der Waals surface area contributed by atoms with Crippen molar-refractivity contribution in [3.05, 3.63) is 54.6 Å². The largest absolute Gasteiger partial charge is 0.465 e. The molecule has 0 fully saturated rings. The van der Waals surface area contributed by atoms with Gasteiger partial charge in [-0.25, -0.2) is 9.97 Å². The molecule has 0 aliphatic rings. The summed E-state index contributed by atoms with van der Waals surface area (Å²) in [5.74, 6) is 1.62. The first-order valence-corrected chi connectivity index (χ1v) is 11.6. The quantitative estimate of drug-likeness (QED) is 0.227. The van der Waals surface area contributed by atoms with Crippen molar-refractivity contribution in [3.63, 3.8) is 0 Å². The Morgan fingerprint density at radius 1 is 0.759 bits per heavy atom. The summed E-state index contributed by atoms with van der Waals surface area (Å²) in [6.07, 6.45) is 23.0. The fourth-order valence-corrected chi connectivity index (χ4v) is 3.31. The maximum Gasteiger partial charge on any atom is 0.159 e. The van der Waals surface area contributed by atoms with Crippen LogP contribution in [-0.4, -0.2) is 9.97 Å². The third-order valence-electron chi connectivity index (χ3n) is 5.16. The lowest BCUT2D eigenvalue weighted by Crippen LogP contribution is -1.93. The Balaban J connectivity index is 1.72. The van der Waals surface area contributed by atoms with E-state index in [4.69, 9.17) is 4.74 Å². The molecule has 1 aromatic carbocycles. The van der Waals surface area contributed by atoms with Crippen LogP contribution in [0.15, 0.2) is 49.0 Å². The summed E-state index contributed by atoms with van der Waals surface area (Å²) in [6.45, 7) is 4.49. The maximum absolute atomic E-state index is 5.68. The number of rotatable bonds is 15. The van der Waals surface area contributed by atoms with Crippen LogP contribution in [0.3, 0.4) is 0 Å². The molecule has 1 heterocycles. The molecule has 0 bridgehead atoms. The van der Waals surface area contributed by atoms with Crippen LogP contribution in [0.5, 0.6) is 5.75 Å². The Morgan fingerprint density at radius 3 is 2.07 bits per heavy atom. The molecule has 0 aliphatic heterocycles. The van der Waals surface area contributed by atoms with E-state index in [0.29, 0.717) is 0 Å². The van der Waals surface area contributed by atoms with Crippen LogP contribution >= 0.6 is 0 Å². The molecule has 158 valence electrons. The summed E-state index contributed by atoms with van der Waals surface area (Å²) >= 11 is 0. The van der Waals surface area contributed by atoms with Gasteiger partial charge in [-0.3, -0.25) is 0 Å². The van der Waals surface area contributed by atoms with Gasteiger partial charge in [-0.05, 0) is 61.6 Å². The number of allylic oxidation sites excluding steroid dienone is 1. The van der Waals surface area contributed by atoms with Crippen LogP contribution < -0.4 is 4.74 Å². The monoisotopic (exact) mass is 394 g/mol. The molecule has 0 unspecified atom stereocenters. The van der Waals surface area contributed by atoms with Crippen molar-refractivity contribution in [2.45, 2.75) is 90.9 Å². The van der Waals surface area contributed by atoms with Crippen molar-refractivity contribution >= 4 is 0 Å². The van der Waals surface area contributed by atoms with Gasteiger partial charge >= 0.3 is 0 Å². The number of aromatic nitrogens is 2. The molecule has 3 heteroatoms. The standard InChI is InChI=1S/C26H38N2O/c1-3-5-7-9-11-13-15-23-21-27-26(28-22-23)24-16-18-25(19-17-24)29-20-14-12-10-8-6-4-2/h14,16-22H,3-13,15H2,1-2H3. The van der Waals surface area contributed by atoms with Crippen LogP contribution in [0.1, 0.15) is 90.0 Å². The molecule has 2 aromatic rings. The number of unbranched alkanes of at least 4 members (excludes halogenated alkanes) is 9. The first-order valence-electron chi connectivity index (χ1n) is 11.6. The second-order valence-electron chi connectivity index (χ2n) is 7.80. The second-order valence-corrected chi connectivity index (χ2v) is 7.80. The van der Waals surface area contributed by atoms with E-state index in [1.807, 2.05) is 36.7 Å². The molecule has 0 radical (unpaired) electrons. The zero-order chi connectivity index (χ0) is 20.6. The first kappa shape index (κ1) is 23.1. The molecule has 0 saturated heterocycles. The number of hydrogen-bond donors (Lipinski definition) is 0. The average Bonchev–Trinajstić information content (AvgIpc) is 2.76. The Hall–Kier alpha value is -2.16. The van der Waals surface area contributed by atoms with Crippen LogP contribution in [0.4, 0.5) is 0 Å². The fourth-order valence-electron chi connectivity index (χ4n) is 3.31. The molecular weight excluding hydrogens is 356 g/mol. The molecule has 0 aliphatic carbocycles. The first-order chi connectivity index (χ1) is 14.3. The Kier molecular flexibility index (Phi) is 11.8. The molecule has 0 atom stereocenters. The maximum atomic E-state index is 5.68. The second kappa shape index (κ2) is 14.8.